The third kappa shape index (κ3) is 4.22. The molecule has 0 heterocycles. The molecule has 0 aromatic heterocycles. The molecule has 0 spiro atoms. The van der Waals surface area contributed by atoms with E-state index >= 15 is 0 Å². The summed E-state index contributed by atoms with van der Waals surface area (Å²) in [6.45, 7) is 7.10. The summed E-state index contributed by atoms with van der Waals surface area (Å²) in [5.41, 5.74) is 2.78. The van der Waals surface area contributed by atoms with Crippen LogP contribution < -0.4 is 4.72 Å². The van der Waals surface area contributed by atoms with Crippen molar-refractivity contribution in [3.63, 3.8) is 0 Å². The van der Waals surface area contributed by atoms with Crippen molar-refractivity contribution in [1.29, 1.82) is 0 Å². The lowest BCUT2D eigenvalue weighted by atomic mass is 10.0. The van der Waals surface area contributed by atoms with E-state index in [4.69, 9.17) is 0 Å². The van der Waals surface area contributed by atoms with Gasteiger partial charge in [-0.05, 0) is 67.6 Å². The topological polar surface area (TPSA) is 46.2 Å². The van der Waals surface area contributed by atoms with Gasteiger partial charge in [0.15, 0.2) is 0 Å². The first kappa shape index (κ1) is 19.5. The fourth-order valence-electron chi connectivity index (χ4n) is 2.65. The molecule has 2 rings (SSSR count). The van der Waals surface area contributed by atoms with E-state index in [-0.39, 0.29) is 11.4 Å². The zero-order valence-electron chi connectivity index (χ0n) is 14.5. The molecule has 1 N–H and O–H groups in total. The van der Waals surface area contributed by atoms with Crippen LogP contribution in [-0.2, 0) is 22.7 Å². The summed E-state index contributed by atoms with van der Waals surface area (Å²) in [6, 6.07) is 6.35. The van der Waals surface area contributed by atoms with Crippen LogP contribution in [-0.4, -0.2) is 8.42 Å². The largest absolute Gasteiger partial charge is 0.416 e. The van der Waals surface area contributed by atoms with Crippen molar-refractivity contribution in [2.45, 2.75) is 45.3 Å². The van der Waals surface area contributed by atoms with Crippen molar-refractivity contribution in [1.82, 2.24) is 4.72 Å². The van der Waals surface area contributed by atoms with E-state index in [9.17, 15) is 21.6 Å². The van der Waals surface area contributed by atoms with Crippen LogP contribution >= 0.6 is 0 Å². The predicted molar refractivity (Wildman–Crippen MR) is 90.9 cm³/mol. The summed E-state index contributed by atoms with van der Waals surface area (Å²) in [5.74, 6) is 0. The molecule has 3 nitrogen and oxygen atoms in total. The van der Waals surface area contributed by atoms with Crippen LogP contribution in [0.4, 0.5) is 13.2 Å². The second kappa shape index (κ2) is 6.80. The van der Waals surface area contributed by atoms with Gasteiger partial charge in [-0.2, -0.15) is 13.2 Å². The van der Waals surface area contributed by atoms with Crippen LogP contribution in [0.15, 0.2) is 35.2 Å². The number of nitrogens with one attached hydrogen (secondary N) is 1. The van der Waals surface area contributed by atoms with E-state index in [2.05, 4.69) is 4.72 Å². The molecular weight excluding hydrogens is 351 g/mol. The monoisotopic (exact) mass is 371 g/mol. The first-order valence-corrected chi connectivity index (χ1v) is 9.15. The maximum Gasteiger partial charge on any atom is 0.416 e. The van der Waals surface area contributed by atoms with Gasteiger partial charge in [0.05, 0.1) is 10.5 Å². The van der Waals surface area contributed by atoms with E-state index in [1.807, 2.05) is 19.9 Å². The lowest BCUT2D eigenvalue weighted by Crippen LogP contribution is -2.25. The van der Waals surface area contributed by atoms with Crippen molar-refractivity contribution < 1.29 is 21.6 Å². The minimum Gasteiger partial charge on any atom is -0.207 e. The highest BCUT2D eigenvalue weighted by atomic mass is 32.2. The van der Waals surface area contributed by atoms with Crippen molar-refractivity contribution in [3.8, 4) is 0 Å². The third-order valence-electron chi connectivity index (χ3n) is 4.31. The van der Waals surface area contributed by atoms with Crippen LogP contribution in [0.2, 0.25) is 0 Å². The molecule has 136 valence electrons. The smallest absolute Gasteiger partial charge is 0.207 e. The lowest BCUT2D eigenvalue weighted by molar-refractivity contribution is -0.137. The number of alkyl halides is 3. The number of hydrogen-bond acceptors (Lipinski definition) is 2. The van der Waals surface area contributed by atoms with Crippen molar-refractivity contribution in [3.05, 3.63) is 63.7 Å². The summed E-state index contributed by atoms with van der Waals surface area (Å²) in [6.07, 6.45) is -4.41. The molecule has 0 saturated carbocycles. The Morgan fingerprint density at radius 3 is 1.84 bits per heavy atom. The quantitative estimate of drug-likeness (QED) is 0.865. The molecule has 2 aromatic carbocycles. The van der Waals surface area contributed by atoms with Gasteiger partial charge in [0.1, 0.15) is 0 Å². The number of hydrogen-bond donors (Lipinski definition) is 1. The Morgan fingerprint density at radius 2 is 1.40 bits per heavy atom. The number of sulfonamides is 1. The number of rotatable bonds is 4. The maximum atomic E-state index is 12.7. The van der Waals surface area contributed by atoms with Gasteiger partial charge in [0.2, 0.25) is 10.0 Å². The summed E-state index contributed by atoms with van der Waals surface area (Å²) in [5, 5.41) is 0. The average Bonchev–Trinajstić information content (AvgIpc) is 2.51. The van der Waals surface area contributed by atoms with E-state index in [1.165, 1.54) is 12.1 Å². The third-order valence-corrected chi connectivity index (χ3v) is 5.99. The summed E-state index contributed by atoms with van der Waals surface area (Å²) in [7, 11) is -3.78. The molecule has 0 unspecified atom stereocenters. The van der Waals surface area contributed by atoms with Gasteiger partial charge in [0, 0.05) is 6.54 Å². The molecule has 2 aromatic rings. The van der Waals surface area contributed by atoms with Crippen LogP contribution in [0.3, 0.4) is 0 Å². The highest BCUT2D eigenvalue weighted by Gasteiger charge is 2.30. The normalized spacial score (nSPS) is 12.4. The fourth-order valence-corrected chi connectivity index (χ4v) is 4.28. The van der Waals surface area contributed by atoms with E-state index in [0.29, 0.717) is 16.7 Å². The number of aryl methyl sites for hydroxylation is 2. The first-order chi connectivity index (χ1) is 11.4. The summed E-state index contributed by atoms with van der Waals surface area (Å²) in [4.78, 5) is 0.233. The van der Waals surface area contributed by atoms with Gasteiger partial charge in [-0.15, -0.1) is 0 Å². The Hall–Kier alpha value is -1.86. The van der Waals surface area contributed by atoms with E-state index < -0.39 is 21.8 Å². The van der Waals surface area contributed by atoms with Crippen molar-refractivity contribution in [2.24, 2.45) is 0 Å². The molecule has 7 heteroatoms. The maximum absolute atomic E-state index is 12.7. The minimum absolute atomic E-state index is 0.0770. The molecule has 25 heavy (non-hydrogen) atoms. The fraction of sp³-hybridized carbons (Fsp3) is 0.333. The van der Waals surface area contributed by atoms with E-state index in [1.54, 1.807) is 13.8 Å². The van der Waals surface area contributed by atoms with Crippen molar-refractivity contribution >= 4 is 10.0 Å². The second-order valence-electron chi connectivity index (χ2n) is 6.11. The summed E-state index contributed by atoms with van der Waals surface area (Å²) < 4.78 is 65.6. The lowest BCUT2D eigenvalue weighted by Gasteiger charge is -2.16. The Bertz CT molecular complexity index is 860. The van der Waals surface area contributed by atoms with Gasteiger partial charge in [-0.3, -0.25) is 0 Å². The van der Waals surface area contributed by atoms with Gasteiger partial charge in [0.25, 0.3) is 0 Å². The molecule has 0 aliphatic heterocycles. The number of halogens is 3. The zero-order chi connectivity index (χ0) is 19.0. The van der Waals surface area contributed by atoms with Crippen LogP contribution in [0.5, 0.6) is 0 Å². The first-order valence-electron chi connectivity index (χ1n) is 7.66. The molecule has 0 atom stereocenters. The Morgan fingerprint density at radius 1 is 0.920 bits per heavy atom. The molecule has 0 saturated heterocycles. The summed E-state index contributed by atoms with van der Waals surface area (Å²) >= 11 is 0. The van der Waals surface area contributed by atoms with Gasteiger partial charge in [-0.1, -0.05) is 18.2 Å². The standard InChI is InChI=1S/C18H20F3NO2S/c1-11-9-12(2)14(4)17(13(11)3)25(23,24)22-10-15-5-7-16(8-6-15)18(19,20)21/h5-9,22H,10H2,1-4H3. The molecule has 0 radical (unpaired) electrons. The van der Waals surface area contributed by atoms with Gasteiger partial charge < -0.3 is 0 Å². The van der Waals surface area contributed by atoms with E-state index in [0.717, 1.165) is 23.3 Å². The number of benzene rings is 2. The predicted octanol–water partition coefficient (Wildman–Crippen LogP) is 4.42. The molecular formula is C18H20F3NO2S. The highest BCUT2D eigenvalue weighted by Crippen LogP contribution is 2.29. The molecule has 0 fully saturated rings. The Kier molecular flexibility index (Phi) is 5.30. The van der Waals surface area contributed by atoms with Crippen LogP contribution in [0, 0.1) is 27.7 Å². The molecule has 0 bridgehead atoms. The Labute approximate surface area is 145 Å². The van der Waals surface area contributed by atoms with Crippen LogP contribution in [0.1, 0.15) is 33.4 Å². The molecule has 0 aliphatic carbocycles. The van der Waals surface area contributed by atoms with Gasteiger partial charge in [-0.25, -0.2) is 13.1 Å². The molecule has 0 aliphatic rings. The zero-order valence-corrected chi connectivity index (χ0v) is 15.3. The van der Waals surface area contributed by atoms with Gasteiger partial charge >= 0.3 is 6.18 Å². The SMILES string of the molecule is Cc1cc(C)c(C)c(S(=O)(=O)NCc2ccc(C(F)(F)F)cc2)c1C. The minimum atomic E-state index is -4.41. The highest BCUT2D eigenvalue weighted by molar-refractivity contribution is 7.89. The second-order valence-corrected chi connectivity index (χ2v) is 7.81. The Balaban J connectivity index is 2.26. The van der Waals surface area contributed by atoms with Crippen LogP contribution in [0.25, 0.3) is 0 Å². The molecule has 0 amide bonds. The average molecular weight is 371 g/mol. The van der Waals surface area contributed by atoms with Crippen molar-refractivity contribution in [2.75, 3.05) is 0 Å².